The first-order valence-electron chi connectivity index (χ1n) is 5.11. The number of hydrogen-bond donors (Lipinski definition) is 2. The third-order valence-electron chi connectivity index (χ3n) is 1.51. The Labute approximate surface area is 78.1 Å². The molecule has 0 amide bonds. The molecule has 0 aromatic rings. The van der Waals surface area contributed by atoms with Gasteiger partial charge in [0.05, 0.1) is 0 Å². The Hall–Kier alpha value is -0.0800. The molecule has 1 atom stereocenters. The van der Waals surface area contributed by atoms with E-state index in [2.05, 4.69) is 31.4 Å². The summed E-state index contributed by atoms with van der Waals surface area (Å²) in [6.07, 6.45) is 1.19. The van der Waals surface area contributed by atoms with Crippen molar-refractivity contribution in [2.24, 2.45) is 0 Å². The van der Waals surface area contributed by atoms with E-state index in [0.29, 0.717) is 12.1 Å². The minimum atomic E-state index is 0.596. The van der Waals surface area contributed by atoms with Crippen LogP contribution in [0.4, 0.5) is 0 Å². The van der Waals surface area contributed by atoms with Crippen LogP contribution in [0.5, 0.6) is 0 Å². The Kier molecular flexibility index (Phi) is 13.1. The number of hydrogen-bond acceptors (Lipinski definition) is 2. The Morgan fingerprint density at radius 2 is 1.67 bits per heavy atom. The van der Waals surface area contributed by atoms with Gasteiger partial charge >= 0.3 is 0 Å². The molecule has 2 heteroatoms. The predicted octanol–water partition coefficient (Wildman–Crippen LogP) is 2.01. The predicted molar refractivity (Wildman–Crippen MR) is 57.6 cm³/mol. The summed E-state index contributed by atoms with van der Waals surface area (Å²) in [6, 6.07) is 1.23. The van der Waals surface area contributed by atoms with Gasteiger partial charge < -0.3 is 10.6 Å². The summed E-state index contributed by atoms with van der Waals surface area (Å²) in [5, 5.41) is 6.63. The Morgan fingerprint density at radius 1 is 1.17 bits per heavy atom. The normalized spacial score (nSPS) is 12.2. The van der Waals surface area contributed by atoms with E-state index in [0.717, 1.165) is 6.54 Å². The average molecular weight is 174 g/mol. The first-order valence-corrected chi connectivity index (χ1v) is 5.11. The summed E-state index contributed by atoms with van der Waals surface area (Å²) < 4.78 is 0. The van der Waals surface area contributed by atoms with Crippen LogP contribution in [0.2, 0.25) is 0 Å². The summed E-state index contributed by atoms with van der Waals surface area (Å²) in [5.74, 6) is 0. The van der Waals surface area contributed by atoms with Crippen molar-refractivity contribution in [2.75, 3.05) is 13.6 Å². The zero-order valence-corrected chi connectivity index (χ0v) is 9.57. The van der Waals surface area contributed by atoms with Gasteiger partial charge in [-0.2, -0.15) is 0 Å². The second-order valence-electron chi connectivity index (χ2n) is 2.98. The van der Waals surface area contributed by atoms with Gasteiger partial charge in [0.1, 0.15) is 0 Å². The van der Waals surface area contributed by atoms with Gasteiger partial charge in [-0.15, -0.1) is 0 Å². The molecule has 1 unspecified atom stereocenters. The lowest BCUT2D eigenvalue weighted by Crippen LogP contribution is -2.40. The highest BCUT2D eigenvalue weighted by Crippen LogP contribution is 1.90. The van der Waals surface area contributed by atoms with E-state index >= 15 is 0 Å². The maximum absolute atomic E-state index is 3.47. The fraction of sp³-hybridized carbons (Fsp3) is 1.00. The highest BCUT2D eigenvalue weighted by atomic mass is 15.0. The van der Waals surface area contributed by atoms with Gasteiger partial charge in [-0.3, -0.25) is 0 Å². The van der Waals surface area contributed by atoms with Gasteiger partial charge in [0, 0.05) is 18.6 Å². The lowest BCUT2D eigenvalue weighted by atomic mass is 10.2. The van der Waals surface area contributed by atoms with Crippen molar-refractivity contribution in [2.45, 2.75) is 53.1 Å². The Morgan fingerprint density at radius 3 is 1.92 bits per heavy atom. The Balaban J connectivity index is 0. The third kappa shape index (κ3) is 9.92. The summed E-state index contributed by atoms with van der Waals surface area (Å²) in [7, 11) is 1.99. The fourth-order valence-corrected chi connectivity index (χ4v) is 1.04. The van der Waals surface area contributed by atoms with E-state index in [1.54, 1.807) is 0 Å². The minimum absolute atomic E-state index is 0.596. The van der Waals surface area contributed by atoms with E-state index in [4.69, 9.17) is 0 Å². The molecular weight excluding hydrogens is 148 g/mol. The molecule has 0 rings (SSSR count). The van der Waals surface area contributed by atoms with Crippen LogP contribution in [-0.2, 0) is 0 Å². The van der Waals surface area contributed by atoms with Crippen LogP contribution in [0, 0.1) is 0 Å². The highest BCUT2D eigenvalue weighted by molar-refractivity contribution is 4.68. The van der Waals surface area contributed by atoms with E-state index in [-0.39, 0.29) is 0 Å². The molecule has 0 aromatic carbocycles. The van der Waals surface area contributed by atoms with Crippen molar-refractivity contribution in [3.8, 4) is 0 Å². The SMILES string of the molecule is CC.CCC(CNC)NC(C)C. The van der Waals surface area contributed by atoms with Crippen LogP contribution in [0.25, 0.3) is 0 Å². The van der Waals surface area contributed by atoms with Gasteiger partial charge in [0.15, 0.2) is 0 Å². The van der Waals surface area contributed by atoms with Crippen molar-refractivity contribution in [1.82, 2.24) is 10.6 Å². The largest absolute Gasteiger partial charge is 0.318 e. The zero-order valence-electron chi connectivity index (χ0n) is 9.57. The molecule has 0 spiro atoms. The molecule has 0 saturated heterocycles. The summed E-state index contributed by atoms with van der Waals surface area (Å²) in [4.78, 5) is 0. The van der Waals surface area contributed by atoms with E-state index in [1.165, 1.54) is 6.42 Å². The molecule has 12 heavy (non-hydrogen) atoms. The Bertz CT molecular complexity index is 72.2. The summed E-state index contributed by atoms with van der Waals surface area (Å²) >= 11 is 0. The fourth-order valence-electron chi connectivity index (χ4n) is 1.04. The van der Waals surface area contributed by atoms with Gasteiger partial charge in [-0.1, -0.05) is 34.6 Å². The maximum Gasteiger partial charge on any atom is 0.0192 e. The maximum atomic E-state index is 3.47. The first kappa shape index (κ1) is 14.4. The molecule has 2 N–H and O–H groups in total. The van der Waals surface area contributed by atoms with Crippen LogP contribution in [0.1, 0.15) is 41.0 Å². The third-order valence-corrected chi connectivity index (χ3v) is 1.51. The number of likely N-dealkylation sites (N-methyl/N-ethyl adjacent to an activating group) is 1. The van der Waals surface area contributed by atoms with E-state index < -0.39 is 0 Å². The van der Waals surface area contributed by atoms with E-state index in [1.807, 2.05) is 20.9 Å². The number of rotatable bonds is 5. The molecule has 0 saturated carbocycles. The molecule has 0 aliphatic rings. The van der Waals surface area contributed by atoms with E-state index in [9.17, 15) is 0 Å². The quantitative estimate of drug-likeness (QED) is 0.666. The minimum Gasteiger partial charge on any atom is -0.318 e. The molecular formula is C10H26N2. The van der Waals surface area contributed by atoms with Gasteiger partial charge in [-0.05, 0) is 13.5 Å². The van der Waals surface area contributed by atoms with Crippen LogP contribution in [0.3, 0.4) is 0 Å². The van der Waals surface area contributed by atoms with Gasteiger partial charge in [0.25, 0.3) is 0 Å². The van der Waals surface area contributed by atoms with Crippen LogP contribution in [-0.4, -0.2) is 25.7 Å². The van der Waals surface area contributed by atoms with Crippen molar-refractivity contribution in [3.63, 3.8) is 0 Å². The molecule has 0 aliphatic carbocycles. The summed E-state index contributed by atoms with van der Waals surface area (Å²) in [5.41, 5.74) is 0. The average Bonchev–Trinajstić information content (AvgIpc) is 2.07. The molecule has 0 fully saturated rings. The van der Waals surface area contributed by atoms with Crippen LogP contribution < -0.4 is 10.6 Å². The highest BCUT2D eigenvalue weighted by Gasteiger charge is 2.04. The number of nitrogens with one attached hydrogen (secondary N) is 2. The molecule has 0 aliphatic heterocycles. The van der Waals surface area contributed by atoms with Crippen molar-refractivity contribution in [3.05, 3.63) is 0 Å². The topological polar surface area (TPSA) is 24.1 Å². The van der Waals surface area contributed by atoms with Gasteiger partial charge in [0.2, 0.25) is 0 Å². The molecule has 0 heterocycles. The van der Waals surface area contributed by atoms with Crippen molar-refractivity contribution in [1.29, 1.82) is 0 Å². The van der Waals surface area contributed by atoms with Crippen LogP contribution >= 0.6 is 0 Å². The first-order chi connectivity index (χ1) is 5.70. The monoisotopic (exact) mass is 174 g/mol. The van der Waals surface area contributed by atoms with Crippen molar-refractivity contribution < 1.29 is 0 Å². The lowest BCUT2D eigenvalue weighted by molar-refractivity contribution is 0.438. The smallest absolute Gasteiger partial charge is 0.0192 e. The lowest BCUT2D eigenvalue weighted by Gasteiger charge is -2.18. The zero-order chi connectivity index (χ0) is 9.98. The van der Waals surface area contributed by atoms with Gasteiger partial charge in [-0.25, -0.2) is 0 Å². The standard InChI is InChI=1S/C8H20N2.C2H6/c1-5-8(6-9-4)10-7(2)3;1-2/h7-10H,5-6H2,1-4H3;1-2H3. The summed E-state index contributed by atoms with van der Waals surface area (Å²) in [6.45, 7) is 11.6. The molecule has 76 valence electrons. The molecule has 0 radical (unpaired) electrons. The van der Waals surface area contributed by atoms with Crippen LogP contribution in [0.15, 0.2) is 0 Å². The second-order valence-corrected chi connectivity index (χ2v) is 2.98. The molecule has 0 aromatic heterocycles. The van der Waals surface area contributed by atoms with Crippen molar-refractivity contribution >= 4 is 0 Å². The molecule has 0 bridgehead atoms. The second kappa shape index (κ2) is 10.9. The molecule has 2 nitrogen and oxygen atoms in total.